The molecule has 16 nitrogen and oxygen atoms in total. The second-order valence-electron chi connectivity index (χ2n) is 25.0. The number of hydrogen-bond donors (Lipinski definition) is 4. The monoisotopic (exact) mass is 1470 g/mol. The highest BCUT2D eigenvalue weighted by Gasteiger charge is 2.29. The van der Waals surface area contributed by atoms with Gasteiger partial charge in [-0.2, -0.15) is 0 Å². The molecule has 0 aromatic carbocycles. The Hall–Kier alpha value is -5.61. The lowest BCUT2D eigenvalue weighted by molar-refractivity contribution is -0.161. The van der Waals surface area contributed by atoms with Crippen LogP contribution >= 0.6 is 15.6 Å². The first-order chi connectivity index (χ1) is 50.2. The van der Waals surface area contributed by atoms with E-state index in [1.165, 1.54) is 25.7 Å². The molecule has 0 bridgehead atoms. The Morgan fingerprint density at radius 1 is 0.272 bits per heavy atom. The Kier molecular flexibility index (Phi) is 71.9. The van der Waals surface area contributed by atoms with Gasteiger partial charge >= 0.3 is 33.6 Å². The van der Waals surface area contributed by atoms with Crippen molar-refractivity contribution in [2.45, 2.75) is 283 Å². The predicted molar refractivity (Wildman–Crippen MR) is 426 cm³/mol. The van der Waals surface area contributed by atoms with Crippen LogP contribution in [0.25, 0.3) is 0 Å². The number of hydrogen-bond acceptors (Lipinski definition) is 14. The minimum absolute atomic E-state index is 0.0168. The molecule has 0 saturated carbocycles. The average Bonchev–Trinajstić information content (AvgIpc) is 0.914. The summed E-state index contributed by atoms with van der Waals surface area (Å²) in [4.78, 5) is 58.6. The van der Waals surface area contributed by atoms with Crippen molar-refractivity contribution in [3.05, 3.63) is 194 Å². The van der Waals surface area contributed by atoms with Crippen LogP contribution in [0.15, 0.2) is 194 Å². The van der Waals surface area contributed by atoms with Gasteiger partial charge in [-0.15, -0.1) is 0 Å². The maximum absolute atomic E-state index is 13.0. The summed E-state index contributed by atoms with van der Waals surface area (Å²) in [5.41, 5.74) is 0. The van der Waals surface area contributed by atoms with Crippen molar-refractivity contribution in [3.63, 3.8) is 0 Å². The number of rotatable bonds is 71. The van der Waals surface area contributed by atoms with Gasteiger partial charge in [-0.05, 0) is 154 Å². The Bertz CT molecular complexity index is 2650. The van der Waals surface area contributed by atoms with Crippen molar-refractivity contribution in [3.8, 4) is 0 Å². The smallest absolute Gasteiger partial charge is 0.463 e. The third-order valence-electron chi connectivity index (χ3n) is 15.3. The number of allylic oxidation sites excluding steroid dienone is 32. The van der Waals surface area contributed by atoms with Gasteiger partial charge in [0.1, 0.15) is 25.4 Å². The quantitative estimate of drug-likeness (QED) is 0.0146. The Balaban J connectivity index is 4.72. The van der Waals surface area contributed by atoms with Gasteiger partial charge in [0.2, 0.25) is 0 Å². The third-order valence-corrected chi connectivity index (χ3v) is 17.2. The normalized spacial score (nSPS) is 15.1. The average molecular weight is 1480 g/mol. The molecule has 0 aliphatic rings. The molecule has 0 radical (unpaired) electrons. The van der Waals surface area contributed by atoms with Gasteiger partial charge in [0.25, 0.3) is 0 Å². The zero-order valence-electron chi connectivity index (χ0n) is 63.4. The van der Waals surface area contributed by atoms with Gasteiger partial charge in [-0.3, -0.25) is 32.5 Å². The summed E-state index contributed by atoms with van der Waals surface area (Å²) < 4.78 is 61.1. The number of aliphatic hydroxyl groups is 2. The van der Waals surface area contributed by atoms with E-state index in [1.54, 1.807) is 0 Å². The highest BCUT2D eigenvalue weighted by Crippen LogP contribution is 2.45. The van der Waals surface area contributed by atoms with E-state index < -0.39 is 91.5 Å². The minimum Gasteiger partial charge on any atom is -0.463 e. The highest BCUT2D eigenvalue weighted by molar-refractivity contribution is 7.47. The summed E-state index contributed by atoms with van der Waals surface area (Å²) in [6.45, 7) is 2.22. The molecule has 5 unspecified atom stereocenters. The third kappa shape index (κ3) is 77.3. The summed E-state index contributed by atoms with van der Waals surface area (Å²) in [6.07, 6.45) is 99.1. The Morgan fingerprint density at radius 3 is 0.796 bits per heavy atom. The van der Waals surface area contributed by atoms with Crippen LogP contribution in [0.2, 0.25) is 0 Å². The molecular formula is C85H136O16P2. The molecule has 5 atom stereocenters. The van der Waals surface area contributed by atoms with Gasteiger partial charge in [-0.25, -0.2) is 9.13 Å². The molecule has 0 aromatic heterocycles. The van der Waals surface area contributed by atoms with Gasteiger partial charge < -0.3 is 34.2 Å². The molecular weight excluding hydrogens is 1340 g/mol. The van der Waals surface area contributed by atoms with E-state index >= 15 is 0 Å². The van der Waals surface area contributed by atoms with E-state index in [0.717, 1.165) is 173 Å². The lowest BCUT2D eigenvalue weighted by Gasteiger charge is -2.21. The first kappa shape index (κ1) is 97.4. The van der Waals surface area contributed by atoms with Crippen molar-refractivity contribution in [1.82, 2.24) is 0 Å². The molecule has 0 amide bonds. The van der Waals surface area contributed by atoms with Gasteiger partial charge in [-0.1, -0.05) is 286 Å². The number of esters is 3. The fourth-order valence-electron chi connectivity index (χ4n) is 9.52. The zero-order valence-corrected chi connectivity index (χ0v) is 65.2. The molecule has 0 spiro atoms. The van der Waals surface area contributed by atoms with Crippen molar-refractivity contribution < 1.29 is 75.8 Å². The fourth-order valence-corrected chi connectivity index (χ4v) is 11.1. The van der Waals surface area contributed by atoms with E-state index in [2.05, 4.69) is 203 Å². The van der Waals surface area contributed by atoms with Crippen molar-refractivity contribution in [2.75, 3.05) is 39.6 Å². The van der Waals surface area contributed by atoms with Gasteiger partial charge in [0.05, 0.1) is 26.4 Å². The topological polar surface area (TPSA) is 231 Å². The van der Waals surface area contributed by atoms with Crippen molar-refractivity contribution in [1.29, 1.82) is 0 Å². The van der Waals surface area contributed by atoms with Crippen molar-refractivity contribution >= 4 is 33.6 Å². The molecule has 582 valence electrons. The van der Waals surface area contributed by atoms with E-state index in [0.29, 0.717) is 25.7 Å². The number of phosphoric acid groups is 2. The second-order valence-corrected chi connectivity index (χ2v) is 27.9. The van der Waals surface area contributed by atoms with Crippen LogP contribution in [0, 0.1) is 0 Å². The highest BCUT2D eigenvalue weighted by atomic mass is 31.2. The zero-order chi connectivity index (χ0) is 75.2. The number of unbranched alkanes of at least 4 members (excludes halogenated alkanes) is 16. The molecule has 0 rings (SSSR count). The first-order valence-electron chi connectivity index (χ1n) is 38.7. The molecule has 18 heteroatoms. The van der Waals surface area contributed by atoms with E-state index in [1.807, 2.05) is 12.2 Å². The van der Waals surface area contributed by atoms with E-state index in [4.69, 9.17) is 32.3 Å². The van der Waals surface area contributed by atoms with Crippen LogP contribution in [-0.2, 0) is 55.8 Å². The molecule has 0 aliphatic heterocycles. The number of aliphatic hydroxyl groups excluding tert-OH is 2. The minimum atomic E-state index is -4.96. The molecule has 0 saturated heterocycles. The largest absolute Gasteiger partial charge is 0.472 e. The number of carbonyl (C=O) groups excluding carboxylic acids is 3. The second kappa shape index (κ2) is 76.1. The molecule has 0 heterocycles. The Morgan fingerprint density at radius 2 is 0.495 bits per heavy atom. The molecule has 4 N–H and O–H groups in total. The van der Waals surface area contributed by atoms with Gasteiger partial charge in [0, 0.05) is 19.3 Å². The number of carbonyl (C=O) groups is 3. The Labute approximate surface area is 623 Å². The maximum atomic E-state index is 13.0. The lowest BCUT2D eigenvalue weighted by Crippen LogP contribution is -2.30. The molecule has 0 fully saturated rings. The van der Waals surface area contributed by atoms with Crippen molar-refractivity contribution in [2.24, 2.45) is 0 Å². The lowest BCUT2D eigenvalue weighted by atomic mass is 10.1. The predicted octanol–water partition coefficient (Wildman–Crippen LogP) is 22.8. The summed E-state index contributed by atoms with van der Waals surface area (Å²) in [7, 11) is -9.83. The molecule has 0 aromatic rings. The van der Waals surface area contributed by atoms with Crippen LogP contribution < -0.4 is 0 Å². The summed E-state index contributed by atoms with van der Waals surface area (Å²) in [5.74, 6) is -1.68. The summed E-state index contributed by atoms with van der Waals surface area (Å²) >= 11 is 0. The molecule has 103 heavy (non-hydrogen) atoms. The first-order valence-corrected chi connectivity index (χ1v) is 41.7. The maximum Gasteiger partial charge on any atom is 0.472 e. The van der Waals surface area contributed by atoms with Crippen LogP contribution in [0.4, 0.5) is 0 Å². The van der Waals surface area contributed by atoms with Crippen LogP contribution in [0.5, 0.6) is 0 Å². The summed E-state index contributed by atoms with van der Waals surface area (Å²) in [5, 5.41) is 20.6. The number of ether oxygens (including phenoxy) is 3. The molecule has 0 aliphatic carbocycles. The van der Waals surface area contributed by atoms with E-state index in [-0.39, 0.29) is 19.3 Å². The van der Waals surface area contributed by atoms with Crippen LogP contribution in [0.1, 0.15) is 265 Å². The van der Waals surface area contributed by atoms with Crippen LogP contribution in [-0.4, -0.2) is 95.9 Å². The van der Waals surface area contributed by atoms with Crippen LogP contribution in [0.3, 0.4) is 0 Å². The number of phosphoric ester groups is 2. The van der Waals surface area contributed by atoms with E-state index in [9.17, 15) is 43.5 Å². The summed E-state index contributed by atoms with van der Waals surface area (Å²) in [6, 6.07) is 0. The fraction of sp³-hybridized carbons (Fsp3) is 0.588. The van der Waals surface area contributed by atoms with Gasteiger partial charge in [0.15, 0.2) is 6.10 Å². The SMILES string of the molecule is CC/C=C\C/C=C\C/C=C\C/C=C\C/C=C\C/C=C\CCCCCCCCC(=O)OCC(O)COP(=O)(O)OCC(O)COP(=O)(O)OCC(COC(=O)CCCCCCCCCCC/C=C\C/C=C\C/C=C\C/C=C\C/C=C\CC)OC(=O)CCC/C=C\C/C=C\C/C=C\C/C=C\C/C=C\CC. The standard InChI is InChI=1S/C85H136O16P2/c1-4-7-10-13-16-19-22-25-28-31-33-35-37-39-41-43-45-48-50-53-56-59-62-65-68-71-83(88)95-74-80(86)75-97-102(91,92)98-76-81(87)77-99-103(93,94)100-79-82(101-85(90)73-70-67-64-61-58-55-52-47-30-27-24-21-18-15-12-9-6-3)78-96-84(89)72-69-66-63-60-57-54-51-49-46-44-42-40-38-36-34-32-29-26-23-20-17-14-11-8-5-2/h7-12,16-21,25-30,33-36,39-42,45,48,52,55,61,64,80-82,86-87H,4-6,13-15,22-24,31-32,37-38,43-44,46-47,49-51,53-54,56-60,62-63,65-79H2,1-3H3,(H,91,92)(H,93,94)/b10-7-,11-8-,12-9-,19-16-,20-17-,21-18-,28-25-,29-26-,30-27-,35-33-,36-34-,41-39-,42-40-,48-45-,55-52-,64-61-.